The van der Waals surface area contributed by atoms with Crippen molar-refractivity contribution in [1.29, 1.82) is 0 Å². The Morgan fingerprint density at radius 2 is 2.12 bits per heavy atom. The zero-order valence-corrected chi connectivity index (χ0v) is 11.2. The van der Waals surface area contributed by atoms with Gasteiger partial charge in [0.05, 0.1) is 4.75 Å². The Balaban J connectivity index is 2.16. The summed E-state index contributed by atoms with van der Waals surface area (Å²) in [6, 6.07) is 10.4. The molecular formula is C15H15ClS. The molecule has 2 heteroatoms. The number of thioether (sulfide) groups is 1. The first-order valence-electron chi connectivity index (χ1n) is 5.60. The van der Waals surface area contributed by atoms with Gasteiger partial charge in [-0.1, -0.05) is 49.1 Å². The summed E-state index contributed by atoms with van der Waals surface area (Å²) in [7, 11) is 0. The number of benzene rings is 1. The Labute approximate surface area is 112 Å². The van der Waals surface area contributed by atoms with E-state index in [0.29, 0.717) is 5.88 Å². The van der Waals surface area contributed by atoms with E-state index in [4.69, 9.17) is 11.6 Å². The molecule has 0 N–H and O–H groups in total. The van der Waals surface area contributed by atoms with Gasteiger partial charge in [-0.05, 0) is 24.1 Å². The summed E-state index contributed by atoms with van der Waals surface area (Å²) in [5, 5.41) is 0. The third-order valence-electron chi connectivity index (χ3n) is 2.79. The summed E-state index contributed by atoms with van der Waals surface area (Å²) < 4.78 is -0.0184. The Bertz CT molecular complexity index is 447. The first-order chi connectivity index (χ1) is 8.28. The first kappa shape index (κ1) is 12.5. The summed E-state index contributed by atoms with van der Waals surface area (Å²) in [6.45, 7) is 3.78. The van der Waals surface area contributed by atoms with E-state index >= 15 is 0 Å². The largest absolute Gasteiger partial charge is 0.125 e. The van der Waals surface area contributed by atoms with Crippen LogP contribution in [0.2, 0.25) is 0 Å². The molecule has 1 unspecified atom stereocenters. The number of rotatable bonds is 4. The topological polar surface area (TPSA) is 0 Å². The van der Waals surface area contributed by atoms with Crippen molar-refractivity contribution in [3.05, 3.63) is 66.8 Å². The van der Waals surface area contributed by atoms with E-state index in [2.05, 4.69) is 49.1 Å². The van der Waals surface area contributed by atoms with Gasteiger partial charge in [0.15, 0.2) is 0 Å². The van der Waals surface area contributed by atoms with Crippen LogP contribution in [0.4, 0.5) is 0 Å². The van der Waals surface area contributed by atoms with Crippen molar-refractivity contribution >= 4 is 23.4 Å². The van der Waals surface area contributed by atoms with Crippen molar-refractivity contribution in [2.45, 2.75) is 16.1 Å². The molecule has 0 aliphatic heterocycles. The average molecular weight is 263 g/mol. The molecule has 17 heavy (non-hydrogen) atoms. The molecule has 0 bridgehead atoms. The molecule has 0 nitrogen and oxygen atoms in total. The summed E-state index contributed by atoms with van der Waals surface area (Å²) in [5.41, 5.74) is 1.18. The molecule has 1 aromatic carbocycles. The SMILES string of the molecule is C=CC1=CCC(CCl)(Sc2ccccc2)C=C1. The van der Waals surface area contributed by atoms with Crippen molar-refractivity contribution in [3.8, 4) is 0 Å². The maximum atomic E-state index is 6.15. The second-order valence-electron chi connectivity index (χ2n) is 4.06. The van der Waals surface area contributed by atoms with Crippen LogP contribution in [0.15, 0.2) is 71.7 Å². The zero-order valence-electron chi connectivity index (χ0n) is 9.60. The van der Waals surface area contributed by atoms with Crippen LogP contribution >= 0.6 is 23.4 Å². The van der Waals surface area contributed by atoms with E-state index in [1.165, 1.54) is 10.5 Å². The van der Waals surface area contributed by atoms with E-state index in [0.717, 1.165) is 6.42 Å². The lowest BCUT2D eigenvalue weighted by molar-refractivity contribution is 0.800. The number of allylic oxidation sites excluding steroid dienone is 4. The van der Waals surface area contributed by atoms with Crippen molar-refractivity contribution < 1.29 is 0 Å². The van der Waals surface area contributed by atoms with Crippen LogP contribution in [0.3, 0.4) is 0 Å². The predicted molar refractivity (Wildman–Crippen MR) is 77.8 cm³/mol. The monoisotopic (exact) mass is 262 g/mol. The third-order valence-corrected chi connectivity index (χ3v) is 4.79. The highest BCUT2D eigenvalue weighted by Crippen LogP contribution is 2.40. The molecule has 2 rings (SSSR count). The lowest BCUT2D eigenvalue weighted by Crippen LogP contribution is -2.25. The molecule has 1 atom stereocenters. The summed E-state index contributed by atoms with van der Waals surface area (Å²) >= 11 is 7.98. The number of hydrogen-bond acceptors (Lipinski definition) is 1. The highest BCUT2D eigenvalue weighted by molar-refractivity contribution is 8.01. The normalized spacial score (nSPS) is 23.2. The maximum absolute atomic E-state index is 6.15. The van der Waals surface area contributed by atoms with Gasteiger partial charge in [-0.2, -0.15) is 0 Å². The minimum Gasteiger partial charge on any atom is -0.125 e. The van der Waals surface area contributed by atoms with Crippen LogP contribution in [0, 0.1) is 0 Å². The van der Waals surface area contributed by atoms with Crippen molar-refractivity contribution in [3.63, 3.8) is 0 Å². The number of alkyl halides is 1. The number of halogens is 1. The molecule has 0 heterocycles. The fraction of sp³-hybridized carbons (Fsp3) is 0.200. The summed E-state index contributed by atoms with van der Waals surface area (Å²) in [5.74, 6) is 0.615. The van der Waals surface area contributed by atoms with Crippen LogP contribution in [0.1, 0.15) is 6.42 Å². The van der Waals surface area contributed by atoms with Gasteiger partial charge in [0.2, 0.25) is 0 Å². The molecule has 0 saturated heterocycles. The van der Waals surface area contributed by atoms with Gasteiger partial charge in [-0.25, -0.2) is 0 Å². The van der Waals surface area contributed by atoms with Crippen LogP contribution in [-0.2, 0) is 0 Å². The van der Waals surface area contributed by atoms with E-state index in [9.17, 15) is 0 Å². The van der Waals surface area contributed by atoms with Gasteiger partial charge in [-0.3, -0.25) is 0 Å². The summed E-state index contributed by atoms with van der Waals surface area (Å²) in [4.78, 5) is 1.26. The zero-order chi connectivity index (χ0) is 12.1. The Morgan fingerprint density at radius 3 is 2.65 bits per heavy atom. The fourth-order valence-corrected chi connectivity index (χ4v) is 3.23. The molecular weight excluding hydrogens is 248 g/mol. The number of hydrogen-bond donors (Lipinski definition) is 0. The molecule has 0 radical (unpaired) electrons. The first-order valence-corrected chi connectivity index (χ1v) is 6.95. The van der Waals surface area contributed by atoms with Gasteiger partial charge in [0, 0.05) is 10.8 Å². The van der Waals surface area contributed by atoms with Gasteiger partial charge in [-0.15, -0.1) is 23.4 Å². The van der Waals surface area contributed by atoms with Crippen molar-refractivity contribution in [2.75, 3.05) is 5.88 Å². The molecule has 1 aromatic rings. The van der Waals surface area contributed by atoms with Crippen molar-refractivity contribution in [2.24, 2.45) is 0 Å². The van der Waals surface area contributed by atoms with Crippen LogP contribution in [-0.4, -0.2) is 10.6 Å². The quantitative estimate of drug-likeness (QED) is 0.701. The smallest absolute Gasteiger partial charge is 0.0559 e. The van der Waals surface area contributed by atoms with E-state index in [1.54, 1.807) is 0 Å². The van der Waals surface area contributed by atoms with Crippen LogP contribution in [0.5, 0.6) is 0 Å². The van der Waals surface area contributed by atoms with Crippen molar-refractivity contribution in [1.82, 2.24) is 0 Å². The molecule has 0 spiro atoms. The third kappa shape index (κ3) is 3.05. The standard InChI is InChI=1S/C15H15ClS/c1-2-13-8-10-15(12-16,11-9-13)17-14-6-4-3-5-7-14/h2-10H,1,11-12H2. The molecule has 0 aromatic heterocycles. The lowest BCUT2D eigenvalue weighted by Gasteiger charge is -2.29. The van der Waals surface area contributed by atoms with Gasteiger partial charge < -0.3 is 0 Å². The Kier molecular flexibility index (Phi) is 4.14. The van der Waals surface area contributed by atoms with Gasteiger partial charge >= 0.3 is 0 Å². The van der Waals surface area contributed by atoms with Crippen LogP contribution < -0.4 is 0 Å². The highest BCUT2D eigenvalue weighted by atomic mass is 35.5. The molecule has 1 aliphatic carbocycles. The molecule has 0 amide bonds. The maximum Gasteiger partial charge on any atom is 0.0559 e. The Morgan fingerprint density at radius 1 is 1.35 bits per heavy atom. The average Bonchev–Trinajstić information content (AvgIpc) is 2.41. The van der Waals surface area contributed by atoms with Crippen LogP contribution in [0.25, 0.3) is 0 Å². The molecule has 0 saturated carbocycles. The molecule has 88 valence electrons. The van der Waals surface area contributed by atoms with E-state index in [1.807, 2.05) is 23.9 Å². The van der Waals surface area contributed by atoms with E-state index < -0.39 is 0 Å². The fourth-order valence-electron chi connectivity index (χ4n) is 1.75. The van der Waals surface area contributed by atoms with Gasteiger partial charge in [0.25, 0.3) is 0 Å². The second-order valence-corrected chi connectivity index (χ2v) is 5.82. The molecule has 1 aliphatic rings. The van der Waals surface area contributed by atoms with E-state index in [-0.39, 0.29) is 4.75 Å². The predicted octanol–water partition coefficient (Wildman–Crippen LogP) is 4.83. The lowest BCUT2D eigenvalue weighted by atomic mass is 9.97. The minimum absolute atomic E-state index is 0.0184. The Hall–Kier alpha value is -0.920. The molecule has 0 fully saturated rings. The highest BCUT2D eigenvalue weighted by Gasteiger charge is 2.28. The minimum atomic E-state index is -0.0184. The summed E-state index contributed by atoms with van der Waals surface area (Å²) in [6.07, 6.45) is 9.34. The van der Waals surface area contributed by atoms with Gasteiger partial charge in [0.1, 0.15) is 0 Å². The second kappa shape index (κ2) is 5.61.